The molecule has 134 valence electrons. The summed E-state index contributed by atoms with van der Waals surface area (Å²) in [4.78, 5) is 0.237. The molecule has 2 aromatic rings. The predicted octanol–water partition coefficient (Wildman–Crippen LogP) is 2.42. The normalized spacial score (nSPS) is 24.5. The summed E-state index contributed by atoms with van der Waals surface area (Å²) in [6.45, 7) is 2.48. The van der Waals surface area contributed by atoms with Gasteiger partial charge in [0.25, 0.3) is 0 Å². The first-order valence-electron chi connectivity index (χ1n) is 8.32. The van der Waals surface area contributed by atoms with Crippen LogP contribution < -0.4 is 0 Å². The van der Waals surface area contributed by atoms with E-state index in [0.717, 1.165) is 5.56 Å². The van der Waals surface area contributed by atoms with E-state index in [1.165, 1.54) is 4.31 Å². The van der Waals surface area contributed by atoms with Crippen LogP contribution in [0.15, 0.2) is 65.6 Å². The van der Waals surface area contributed by atoms with Crippen molar-refractivity contribution in [3.8, 4) is 0 Å². The summed E-state index contributed by atoms with van der Waals surface area (Å²) in [6.07, 6.45) is 0.387. The van der Waals surface area contributed by atoms with Crippen molar-refractivity contribution in [3.05, 3.63) is 66.2 Å². The predicted molar refractivity (Wildman–Crippen MR) is 95.5 cm³/mol. The summed E-state index contributed by atoms with van der Waals surface area (Å²) in [7, 11) is -3.66. The molecular weight excluding hydrogens is 338 g/mol. The lowest BCUT2D eigenvalue weighted by Gasteiger charge is -2.30. The van der Waals surface area contributed by atoms with Gasteiger partial charge in [0.2, 0.25) is 10.0 Å². The molecule has 1 aliphatic rings. The molecule has 1 fully saturated rings. The van der Waals surface area contributed by atoms with Gasteiger partial charge < -0.3 is 9.84 Å². The summed E-state index contributed by atoms with van der Waals surface area (Å²) in [5, 5.41) is 10.6. The van der Waals surface area contributed by atoms with Crippen LogP contribution in [-0.2, 0) is 21.4 Å². The average molecular weight is 361 g/mol. The third-order valence-electron chi connectivity index (χ3n) is 4.64. The minimum absolute atomic E-state index is 0.147. The summed E-state index contributed by atoms with van der Waals surface area (Å²) in [6, 6.07) is 17.4. The number of hydrogen-bond acceptors (Lipinski definition) is 4. The van der Waals surface area contributed by atoms with Gasteiger partial charge in [-0.3, -0.25) is 0 Å². The summed E-state index contributed by atoms with van der Waals surface area (Å²) < 4.78 is 33.0. The summed E-state index contributed by atoms with van der Waals surface area (Å²) >= 11 is 0. The molecule has 3 rings (SSSR count). The van der Waals surface area contributed by atoms with Crippen molar-refractivity contribution in [2.45, 2.75) is 36.5 Å². The second-order valence-corrected chi connectivity index (χ2v) is 8.44. The molecule has 2 unspecified atom stereocenters. The maximum atomic E-state index is 12.9. The van der Waals surface area contributed by atoms with Gasteiger partial charge in [0.1, 0.15) is 0 Å². The van der Waals surface area contributed by atoms with Crippen molar-refractivity contribution in [3.63, 3.8) is 0 Å². The highest BCUT2D eigenvalue weighted by Crippen LogP contribution is 2.33. The second-order valence-electron chi connectivity index (χ2n) is 6.55. The Hall–Kier alpha value is -1.73. The van der Waals surface area contributed by atoms with E-state index in [0.29, 0.717) is 13.0 Å². The molecular formula is C19H23NO4S. The monoisotopic (exact) mass is 361 g/mol. The Kier molecular flexibility index (Phi) is 5.24. The fourth-order valence-electron chi connectivity index (χ4n) is 3.11. The molecule has 0 radical (unpaired) electrons. The van der Waals surface area contributed by atoms with Crippen molar-refractivity contribution < 1.29 is 18.3 Å². The molecule has 25 heavy (non-hydrogen) atoms. The summed E-state index contributed by atoms with van der Waals surface area (Å²) in [5.41, 5.74) is -0.101. The van der Waals surface area contributed by atoms with E-state index in [2.05, 4.69) is 0 Å². The van der Waals surface area contributed by atoms with Gasteiger partial charge in [-0.05, 0) is 31.0 Å². The maximum absolute atomic E-state index is 12.9. The number of rotatable bonds is 6. The van der Waals surface area contributed by atoms with Gasteiger partial charge >= 0.3 is 0 Å². The minimum atomic E-state index is -3.66. The van der Waals surface area contributed by atoms with Crippen LogP contribution in [0.3, 0.4) is 0 Å². The van der Waals surface area contributed by atoms with Crippen LogP contribution in [0.4, 0.5) is 0 Å². The van der Waals surface area contributed by atoms with Crippen LogP contribution in [0.1, 0.15) is 18.9 Å². The zero-order valence-electron chi connectivity index (χ0n) is 14.2. The van der Waals surface area contributed by atoms with Crippen molar-refractivity contribution in [2.75, 3.05) is 13.2 Å². The number of benzene rings is 2. The average Bonchev–Trinajstić information content (AvgIpc) is 2.92. The van der Waals surface area contributed by atoms with Gasteiger partial charge in [0.15, 0.2) is 0 Å². The van der Waals surface area contributed by atoms with E-state index in [4.69, 9.17) is 4.74 Å². The Morgan fingerprint density at radius 3 is 2.36 bits per heavy atom. The van der Waals surface area contributed by atoms with Gasteiger partial charge in [-0.15, -0.1) is 0 Å². The quantitative estimate of drug-likeness (QED) is 0.858. The molecule has 1 heterocycles. The Balaban J connectivity index is 1.75. The zero-order chi connectivity index (χ0) is 17.9. The number of nitrogens with zero attached hydrogens (tertiary/aromatic N) is 1. The lowest BCUT2D eigenvalue weighted by Crippen LogP contribution is -2.48. The molecule has 0 spiro atoms. The van der Waals surface area contributed by atoms with Gasteiger partial charge in [0, 0.05) is 6.54 Å². The highest BCUT2D eigenvalue weighted by Gasteiger charge is 2.48. The molecule has 0 amide bonds. The lowest BCUT2D eigenvalue weighted by molar-refractivity contribution is -0.0136. The first-order valence-corrected chi connectivity index (χ1v) is 9.76. The molecule has 0 aliphatic carbocycles. The standard InChI is InChI=1S/C19H23NO4S/c1-19(21)12-13-20(25(22,23)17-10-6-3-7-11-17)18(19)15-24-14-16-8-4-2-5-9-16/h2-11,18,21H,12-15H2,1H3. The molecule has 5 nitrogen and oxygen atoms in total. The van der Waals surface area contributed by atoms with Crippen LogP contribution in [-0.4, -0.2) is 42.6 Å². The topological polar surface area (TPSA) is 66.8 Å². The van der Waals surface area contributed by atoms with Crippen molar-refractivity contribution in [1.29, 1.82) is 0 Å². The first-order chi connectivity index (χ1) is 11.9. The Bertz CT molecular complexity index is 791. The van der Waals surface area contributed by atoms with E-state index < -0.39 is 21.7 Å². The van der Waals surface area contributed by atoms with Gasteiger partial charge in [-0.2, -0.15) is 4.31 Å². The molecule has 0 aromatic heterocycles. The van der Waals surface area contributed by atoms with Crippen LogP contribution in [0.2, 0.25) is 0 Å². The van der Waals surface area contributed by atoms with Crippen LogP contribution in [0, 0.1) is 0 Å². The third-order valence-corrected chi connectivity index (χ3v) is 6.56. The van der Waals surface area contributed by atoms with Gasteiger partial charge in [-0.1, -0.05) is 48.5 Å². The Morgan fingerprint density at radius 2 is 1.72 bits per heavy atom. The number of hydrogen-bond donors (Lipinski definition) is 1. The largest absolute Gasteiger partial charge is 0.388 e. The minimum Gasteiger partial charge on any atom is -0.388 e. The number of sulfonamides is 1. The van der Waals surface area contributed by atoms with E-state index in [1.54, 1.807) is 37.3 Å². The van der Waals surface area contributed by atoms with E-state index in [9.17, 15) is 13.5 Å². The molecule has 6 heteroatoms. The van der Waals surface area contributed by atoms with E-state index in [1.807, 2.05) is 30.3 Å². The molecule has 0 bridgehead atoms. The van der Waals surface area contributed by atoms with Crippen LogP contribution >= 0.6 is 0 Å². The highest BCUT2D eigenvalue weighted by molar-refractivity contribution is 7.89. The van der Waals surface area contributed by atoms with E-state index >= 15 is 0 Å². The zero-order valence-corrected chi connectivity index (χ0v) is 15.0. The summed E-state index contributed by atoms with van der Waals surface area (Å²) in [5.74, 6) is 0. The molecule has 2 atom stereocenters. The molecule has 1 saturated heterocycles. The number of ether oxygens (including phenoxy) is 1. The molecule has 0 saturated carbocycles. The van der Waals surface area contributed by atoms with Crippen molar-refractivity contribution in [2.24, 2.45) is 0 Å². The molecule has 2 aromatic carbocycles. The van der Waals surface area contributed by atoms with Crippen molar-refractivity contribution in [1.82, 2.24) is 4.31 Å². The smallest absolute Gasteiger partial charge is 0.243 e. The Labute approximate surface area is 148 Å². The molecule has 1 N–H and O–H groups in total. The lowest BCUT2D eigenvalue weighted by atomic mass is 9.98. The first kappa shape index (κ1) is 18.1. The third kappa shape index (κ3) is 3.93. The van der Waals surface area contributed by atoms with Crippen LogP contribution in [0.25, 0.3) is 0 Å². The fraction of sp³-hybridized carbons (Fsp3) is 0.368. The highest BCUT2D eigenvalue weighted by atomic mass is 32.2. The van der Waals surface area contributed by atoms with Crippen LogP contribution in [0.5, 0.6) is 0 Å². The fourth-order valence-corrected chi connectivity index (χ4v) is 4.84. The Morgan fingerprint density at radius 1 is 1.12 bits per heavy atom. The van der Waals surface area contributed by atoms with Gasteiger partial charge in [-0.25, -0.2) is 8.42 Å². The van der Waals surface area contributed by atoms with E-state index in [-0.39, 0.29) is 18.0 Å². The second kappa shape index (κ2) is 7.25. The van der Waals surface area contributed by atoms with Gasteiger partial charge in [0.05, 0.1) is 29.8 Å². The SMILES string of the molecule is CC1(O)CCN(S(=O)(=O)c2ccccc2)C1COCc1ccccc1. The molecule has 1 aliphatic heterocycles. The number of aliphatic hydroxyl groups is 1. The maximum Gasteiger partial charge on any atom is 0.243 e. The van der Waals surface area contributed by atoms with Crippen molar-refractivity contribution >= 4 is 10.0 Å².